The van der Waals surface area contributed by atoms with E-state index in [2.05, 4.69) is 15.5 Å². The maximum atomic E-state index is 11.9. The quantitative estimate of drug-likeness (QED) is 0.667. The molecule has 106 valence electrons. The predicted molar refractivity (Wildman–Crippen MR) is 81.0 cm³/mol. The Morgan fingerprint density at radius 1 is 1.50 bits per heavy atom. The molecule has 0 fully saturated rings. The summed E-state index contributed by atoms with van der Waals surface area (Å²) in [6, 6.07) is 4.94. The highest BCUT2D eigenvalue weighted by atomic mass is 35.5. The van der Waals surface area contributed by atoms with Crippen molar-refractivity contribution in [3.8, 4) is 0 Å². The van der Waals surface area contributed by atoms with Gasteiger partial charge < -0.3 is 15.6 Å². The summed E-state index contributed by atoms with van der Waals surface area (Å²) < 4.78 is 1.83. The Balaban J connectivity index is 1.94. The SMILES string of the molecule is Cc1nnc(SCC(=O)Nc2ccc(Cl)cc2N)n1C. The summed E-state index contributed by atoms with van der Waals surface area (Å²) >= 11 is 7.11. The molecule has 1 aromatic carbocycles. The predicted octanol–water partition coefficient (Wildman–Crippen LogP) is 2.09. The van der Waals surface area contributed by atoms with Gasteiger partial charge in [0, 0.05) is 12.1 Å². The smallest absolute Gasteiger partial charge is 0.234 e. The zero-order valence-corrected chi connectivity index (χ0v) is 12.6. The average Bonchev–Trinajstić information content (AvgIpc) is 2.71. The number of rotatable bonds is 4. The molecule has 0 radical (unpaired) electrons. The fraction of sp³-hybridized carbons (Fsp3) is 0.250. The molecule has 8 heteroatoms. The standard InChI is InChI=1S/C12H14ClN5OS/c1-7-16-17-12(18(7)2)20-6-11(19)15-10-4-3-8(13)5-9(10)14/h3-5H,6,14H2,1-2H3,(H,15,19). The third-order valence-electron chi connectivity index (χ3n) is 2.67. The van der Waals surface area contributed by atoms with E-state index < -0.39 is 0 Å². The molecule has 0 spiro atoms. The number of anilines is 2. The molecule has 0 aliphatic carbocycles. The maximum absolute atomic E-state index is 11.9. The van der Waals surface area contributed by atoms with Gasteiger partial charge in [0.2, 0.25) is 5.91 Å². The zero-order chi connectivity index (χ0) is 14.7. The first-order valence-electron chi connectivity index (χ1n) is 5.81. The van der Waals surface area contributed by atoms with Crippen LogP contribution in [0, 0.1) is 6.92 Å². The van der Waals surface area contributed by atoms with Gasteiger partial charge in [-0.3, -0.25) is 4.79 Å². The van der Waals surface area contributed by atoms with Crippen LogP contribution in [0.15, 0.2) is 23.4 Å². The monoisotopic (exact) mass is 311 g/mol. The van der Waals surface area contributed by atoms with Crippen LogP contribution in [-0.2, 0) is 11.8 Å². The van der Waals surface area contributed by atoms with Crippen molar-refractivity contribution in [2.45, 2.75) is 12.1 Å². The number of carbonyl (C=O) groups excluding carboxylic acids is 1. The largest absolute Gasteiger partial charge is 0.397 e. The van der Waals surface area contributed by atoms with Crippen molar-refractivity contribution in [1.82, 2.24) is 14.8 Å². The number of nitrogens with one attached hydrogen (secondary N) is 1. The number of nitrogens with two attached hydrogens (primary N) is 1. The molecular weight excluding hydrogens is 298 g/mol. The van der Waals surface area contributed by atoms with Crippen molar-refractivity contribution in [3.05, 3.63) is 29.0 Å². The van der Waals surface area contributed by atoms with Crippen LogP contribution in [0.1, 0.15) is 5.82 Å². The fourth-order valence-corrected chi connectivity index (χ4v) is 2.41. The number of carbonyl (C=O) groups is 1. The normalized spacial score (nSPS) is 10.6. The van der Waals surface area contributed by atoms with E-state index >= 15 is 0 Å². The number of hydrogen-bond acceptors (Lipinski definition) is 5. The van der Waals surface area contributed by atoms with Crippen LogP contribution in [0.5, 0.6) is 0 Å². The molecule has 1 aromatic heterocycles. The van der Waals surface area contributed by atoms with E-state index in [0.29, 0.717) is 21.6 Å². The average molecular weight is 312 g/mol. The summed E-state index contributed by atoms with van der Waals surface area (Å²) in [5, 5.41) is 11.9. The number of thioether (sulfide) groups is 1. The number of nitrogens with zero attached hydrogens (tertiary/aromatic N) is 3. The third kappa shape index (κ3) is 3.43. The minimum Gasteiger partial charge on any atom is -0.397 e. The third-order valence-corrected chi connectivity index (χ3v) is 3.93. The Morgan fingerprint density at radius 2 is 2.25 bits per heavy atom. The minimum absolute atomic E-state index is 0.162. The molecular formula is C12H14ClN5OS. The molecule has 1 heterocycles. The Morgan fingerprint density at radius 3 is 2.85 bits per heavy atom. The molecule has 3 N–H and O–H groups in total. The number of nitrogen functional groups attached to an aromatic ring is 1. The van der Waals surface area contributed by atoms with Crippen molar-refractivity contribution in [2.24, 2.45) is 7.05 Å². The van der Waals surface area contributed by atoms with Crippen LogP contribution in [-0.4, -0.2) is 26.4 Å². The first kappa shape index (κ1) is 14.7. The molecule has 0 bridgehead atoms. The highest BCUT2D eigenvalue weighted by Crippen LogP contribution is 2.23. The van der Waals surface area contributed by atoms with Gasteiger partial charge in [0.05, 0.1) is 17.1 Å². The summed E-state index contributed by atoms with van der Waals surface area (Å²) in [7, 11) is 1.85. The zero-order valence-electron chi connectivity index (χ0n) is 11.1. The fourth-order valence-electron chi connectivity index (χ4n) is 1.48. The Hall–Kier alpha value is -1.73. The number of benzene rings is 1. The molecule has 2 rings (SSSR count). The topological polar surface area (TPSA) is 85.8 Å². The van der Waals surface area contributed by atoms with Gasteiger partial charge in [0.15, 0.2) is 5.16 Å². The van der Waals surface area contributed by atoms with E-state index in [1.807, 2.05) is 18.5 Å². The highest BCUT2D eigenvalue weighted by molar-refractivity contribution is 7.99. The van der Waals surface area contributed by atoms with Crippen LogP contribution >= 0.6 is 23.4 Å². The Bertz CT molecular complexity index is 643. The second-order valence-electron chi connectivity index (χ2n) is 4.16. The molecule has 0 aliphatic rings. The van der Waals surface area contributed by atoms with Crippen LogP contribution in [0.25, 0.3) is 0 Å². The number of halogens is 1. The molecule has 1 amide bonds. The first-order valence-corrected chi connectivity index (χ1v) is 7.17. The first-order chi connectivity index (χ1) is 9.47. The molecule has 2 aromatic rings. The second-order valence-corrected chi connectivity index (χ2v) is 5.54. The molecule has 0 aliphatic heterocycles. The molecule has 6 nitrogen and oxygen atoms in total. The number of amides is 1. The maximum Gasteiger partial charge on any atom is 0.234 e. The van der Waals surface area contributed by atoms with E-state index in [1.54, 1.807) is 18.2 Å². The van der Waals surface area contributed by atoms with E-state index in [1.165, 1.54) is 11.8 Å². The molecule has 0 atom stereocenters. The van der Waals surface area contributed by atoms with E-state index in [9.17, 15) is 4.79 Å². The van der Waals surface area contributed by atoms with E-state index in [-0.39, 0.29) is 11.7 Å². The van der Waals surface area contributed by atoms with Gasteiger partial charge >= 0.3 is 0 Å². The molecule has 0 unspecified atom stereocenters. The van der Waals surface area contributed by atoms with E-state index in [4.69, 9.17) is 17.3 Å². The summed E-state index contributed by atoms with van der Waals surface area (Å²) in [5.74, 6) is 0.869. The van der Waals surface area contributed by atoms with Crippen molar-refractivity contribution in [2.75, 3.05) is 16.8 Å². The van der Waals surface area contributed by atoms with Crippen molar-refractivity contribution in [3.63, 3.8) is 0 Å². The summed E-state index contributed by atoms with van der Waals surface area (Å²) in [6.07, 6.45) is 0. The van der Waals surface area contributed by atoms with Crippen molar-refractivity contribution in [1.29, 1.82) is 0 Å². The van der Waals surface area contributed by atoms with Gasteiger partial charge in [-0.05, 0) is 25.1 Å². The Kier molecular flexibility index (Phi) is 4.51. The lowest BCUT2D eigenvalue weighted by atomic mass is 10.2. The van der Waals surface area contributed by atoms with E-state index in [0.717, 1.165) is 5.82 Å². The molecule has 0 saturated heterocycles. The van der Waals surface area contributed by atoms with Crippen molar-refractivity contribution >= 4 is 40.6 Å². The second kappa shape index (κ2) is 6.15. The lowest BCUT2D eigenvalue weighted by Crippen LogP contribution is -2.15. The summed E-state index contributed by atoms with van der Waals surface area (Å²) in [6.45, 7) is 1.85. The number of aromatic nitrogens is 3. The lowest BCUT2D eigenvalue weighted by Gasteiger charge is -2.08. The minimum atomic E-state index is -0.162. The molecule has 0 saturated carbocycles. The lowest BCUT2D eigenvalue weighted by molar-refractivity contribution is -0.113. The van der Waals surface area contributed by atoms with Gasteiger partial charge in [-0.2, -0.15) is 0 Å². The van der Waals surface area contributed by atoms with Crippen molar-refractivity contribution < 1.29 is 4.79 Å². The van der Waals surface area contributed by atoms with Gasteiger partial charge in [0.1, 0.15) is 5.82 Å². The summed E-state index contributed by atoms with van der Waals surface area (Å²) in [4.78, 5) is 11.9. The van der Waals surface area contributed by atoms with Crippen LogP contribution in [0.4, 0.5) is 11.4 Å². The van der Waals surface area contributed by atoms with Crippen LogP contribution in [0.3, 0.4) is 0 Å². The van der Waals surface area contributed by atoms with Gasteiger partial charge in [-0.1, -0.05) is 23.4 Å². The Labute approximate surface area is 125 Å². The van der Waals surface area contributed by atoms with Crippen LogP contribution < -0.4 is 11.1 Å². The number of aryl methyl sites for hydroxylation is 1. The van der Waals surface area contributed by atoms with Gasteiger partial charge in [0.25, 0.3) is 0 Å². The summed E-state index contributed by atoms with van der Waals surface area (Å²) in [5.41, 5.74) is 6.76. The number of hydrogen-bond donors (Lipinski definition) is 2. The highest BCUT2D eigenvalue weighted by Gasteiger charge is 2.10. The van der Waals surface area contributed by atoms with Gasteiger partial charge in [-0.15, -0.1) is 10.2 Å². The molecule has 20 heavy (non-hydrogen) atoms. The van der Waals surface area contributed by atoms with Crippen LogP contribution in [0.2, 0.25) is 5.02 Å². The van der Waals surface area contributed by atoms with Gasteiger partial charge in [-0.25, -0.2) is 0 Å².